The maximum absolute atomic E-state index is 13.8. The van der Waals surface area contributed by atoms with Gasteiger partial charge >= 0.3 is 5.97 Å². The topological polar surface area (TPSA) is 113 Å². The SMILES string of the molecule is CC[C@H](Cc1ccccc1)[C@@H]1CCCCCC[C@@H](C)[C@H](O)[C@@H](C)[C@@H]2CC[C@@H](C)[C@@](O)(O2)C(=O)C(=O)N2CCCC[C@H]2C(=O)O1. The first-order valence-electron chi connectivity index (χ1n) is 17.2. The summed E-state index contributed by atoms with van der Waals surface area (Å²) in [6, 6.07) is 9.36. The Hall–Kier alpha value is -2.29. The van der Waals surface area contributed by atoms with E-state index in [-0.39, 0.29) is 30.4 Å². The molecule has 3 aliphatic rings. The largest absolute Gasteiger partial charge is 0.461 e. The fourth-order valence-electron chi connectivity index (χ4n) is 7.52. The summed E-state index contributed by atoms with van der Waals surface area (Å²) in [6.45, 7) is 8.02. The van der Waals surface area contributed by atoms with Crippen LogP contribution in [0.15, 0.2) is 30.3 Å². The van der Waals surface area contributed by atoms with Crippen molar-refractivity contribution in [2.24, 2.45) is 23.7 Å². The van der Waals surface area contributed by atoms with Crippen LogP contribution in [0.1, 0.15) is 110 Å². The molecule has 0 aromatic heterocycles. The molecule has 4 rings (SSSR count). The van der Waals surface area contributed by atoms with Gasteiger partial charge in [0, 0.05) is 18.4 Å². The number of aliphatic hydroxyl groups excluding tert-OH is 1. The second-order valence-electron chi connectivity index (χ2n) is 13.8. The Morgan fingerprint density at radius 1 is 0.909 bits per heavy atom. The summed E-state index contributed by atoms with van der Waals surface area (Å²) < 4.78 is 12.4. The number of Topliss-reactive ketones (excluding diaryl/α,β-unsaturated/α-hetero) is 1. The van der Waals surface area contributed by atoms with Gasteiger partial charge in [-0.1, -0.05) is 77.3 Å². The van der Waals surface area contributed by atoms with E-state index in [0.29, 0.717) is 25.7 Å². The van der Waals surface area contributed by atoms with E-state index in [4.69, 9.17) is 9.47 Å². The van der Waals surface area contributed by atoms with Gasteiger partial charge in [0.2, 0.25) is 5.79 Å². The predicted molar refractivity (Wildman–Crippen MR) is 168 cm³/mol. The van der Waals surface area contributed by atoms with Gasteiger partial charge in [-0.3, -0.25) is 9.59 Å². The zero-order valence-electron chi connectivity index (χ0n) is 27.3. The summed E-state index contributed by atoms with van der Waals surface area (Å²) >= 11 is 0. The first kappa shape index (κ1) is 34.6. The average molecular weight is 614 g/mol. The molecular weight excluding hydrogens is 558 g/mol. The van der Waals surface area contributed by atoms with Gasteiger partial charge < -0.3 is 24.6 Å². The molecular formula is C36H55NO7. The summed E-state index contributed by atoms with van der Waals surface area (Å²) in [6.07, 6.45) is 8.52. The minimum atomic E-state index is -2.31. The van der Waals surface area contributed by atoms with Crippen LogP contribution in [-0.4, -0.2) is 69.5 Å². The van der Waals surface area contributed by atoms with Crippen molar-refractivity contribution in [3.63, 3.8) is 0 Å². The molecule has 1 aromatic rings. The summed E-state index contributed by atoms with van der Waals surface area (Å²) in [4.78, 5) is 42.7. The third-order valence-electron chi connectivity index (χ3n) is 10.7. The molecule has 3 heterocycles. The third kappa shape index (κ3) is 8.10. The second kappa shape index (κ2) is 15.8. The van der Waals surface area contributed by atoms with Crippen molar-refractivity contribution >= 4 is 17.7 Å². The molecule has 0 spiro atoms. The standard InChI is InChI=1S/C36H55NO7/c1-5-28(23-27-16-10-8-11-17-27)31-19-12-7-6-9-15-24(2)32(38)26(4)30-21-20-25(3)36(42,44-30)33(39)34(40)37-22-14-13-18-29(37)35(41)43-31/h8,10-11,16-17,24-26,28-32,38,42H,5-7,9,12-15,18-23H2,1-4H3/t24-,25-,26+,28-,29+,30+,31+,32+,36-/m1/s1. The van der Waals surface area contributed by atoms with Gasteiger partial charge in [-0.2, -0.15) is 0 Å². The molecule has 8 heteroatoms. The predicted octanol–water partition coefficient (Wildman–Crippen LogP) is 5.61. The van der Waals surface area contributed by atoms with Crippen LogP contribution in [0.4, 0.5) is 0 Å². The van der Waals surface area contributed by atoms with Crippen LogP contribution in [0.3, 0.4) is 0 Å². The lowest BCUT2D eigenvalue weighted by Crippen LogP contribution is -2.61. The summed E-state index contributed by atoms with van der Waals surface area (Å²) in [7, 11) is 0. The highest BCUT2D eigenvalue weighted by Crippen LogP contribution is 2.38. The van der Waals surface area contributed by atoms with Crippen molar-refractivity contribution in [1.29, 1.82) is 0 Å². The number of ketones is 1. The maximum Gasteiger partial charge on any atom is 0.329 e. The second-order valence-corrected chi connectivity index (χ2v) is 13.8. The minimum Gasteiger partial charge on any atom is -0.461 e. The molecule has 2 N–H and O–H groups in total. The molecule has 3 fully saturated rings. The quantitative estimate of drug-likeness (QED) is 0.335. The zero-order valence-corrected chi connectivity index (χ0v) is 27.3. The number of aliphatic hydroxyl groups is 2. The van der Waals surface area contributed by atoms with Gasteiger partial charge in [-0.15, -0.1) is 0 Å². The molecule has 2 bridgehead atoms. The van der Waals surface area contributed by atoms with E-state index in [1.807, 2.05) is 32.0 Å². The Morgan fingerprint density at radius 2 is 1.59 bits per heavy atom. The number of hydrogen-bond acceptors (Lipinski definition) is 7. The molecule has 1 amide bonds. The lowest BCUT2D eigenvalue weighted by atomic mass is 9.80. The first-order valence-corrected chi connectivity index (χ1v) is 17.2. The van der Waals surface area contributed by atoms with E-state index >= 15 is 0 Å². The van der Waals surface area contributed by atoms with Crippen LogP contribution in [0.2, 0.25) is 0 Å². The highest BCUT2D eigenvalue weighted by Gasteiger charge is 2.54. The Labute approximate surface area is 263 Å². The number of esters is 1. The summed E-state index contributed by atoms with van der Waals surface area (Å²) in [5.41, 5.74) is 1.20. The number of benzene rings is 1. The van der Waals surface area contributed by atoms with Gasteiger partial charge in [-0.05, 0) is 81.6 Å². The van der Waals surface area contributed by atoms with E-state index in [2.05, 4.69) is 19.1 Å². The number of fused-ring (bicyclic) bond motifs is 3. The van der Waals surface area contributed by atoms with Gasteiger partial charge in [0.1, 0.15) is 12.1 Å². The summed E-state index contributed by atoms with van der Waals surface area (Å²) in [5.74, 6) is -5.47. The van der Waals surface area contributed by atoms with Crippen molar-refractivity contribution in [3.8, 4) is 0 Å². The smallest absolute Gasteiger partial charge is 0.329 e. The fraction of sp³-hybridized carbons (Fsp3) is 0.750. The van der Waals surface area contributed by atoms with Crippen LogP contribution in [0.25, 0.3) is 0 Å². The van der Waals surface area contributed by atoms with Gasteiger partial charge in [0.15, 0.2) is 0 Å². The van der Waals surface area contributed by atoms with Crippen LogP contribution < -0.4 is 0 Å². The number of amides is 1. The van der Waals surface area contributed by atoms with Gasteiger partial charge in [-0.25, -0.2) is 4.79 Å². The normalized spacial score (nSPS) is 35.9. The van der Waals surface area contributed by atoms with E-state index in [0.717, 1.165) is 57.8 Å². The lowest BCUT2D eigenvalue weighted by molar-refractivity contribution is -0.275. The molecule has 3 aliphatic heterocycles. The van der Waals surface area contributed by atoms with Crippen LogP contribution in [0, 0.1) is 23.7 Å². The molecule has 44 heavy (non-hydrogen) atoms. The third-order valence-corrected chi connectivity index (χ3v) is 10.7. The van der Waals surface area contributed by atoms with E-state index in [9.17, 15) is 24.6 Å². The van der Waals surface area contributed by atoms with E-state index < -0.39 is 47.6 Å². The molecule has 0 aliphatic carbocycles. The Bertz CT molecular complexity index is 1100. The average Bonchev–Trinajstić information content (AvgIpc) is 3.04. The monoisotopic (exact) mass is 613 g/mol. The molecule has 246 valence electrons. The molecule has 1 aromatic carbocycles. The van der Waals surface area contributed by atoms with Crippen molar-refractivity contribution in [2.75, 3.05) is 6.54 Å². The van der Waals surface area contributed by atoms with E-state index in [1.54, 1.807) is 6.92 Å². The Kier molecular flexibility index (Phi) is 12.4. The zero-order chi connectivity index (χ0) is 31.9. The van der Waals surface area contributed by atoms with Crippen molar-refractivity contribution in [3.05, 3.63) is 35.9 Å². The highest BCUT2D eigenvalue weighted by atomic mass is 16.6. The van der Waals surface area contributed by atoms with Crippen molar-refractivity contribution in [1.82, 2.24) is 4.90 Å². The number of piperidine rings is 1. The number of ether oxygens (including phenoxy) is 2. The van der Waals surface area contributed by atoms with Crippen LogP contribution >= 0.6 is 0 Å². The number of nitrogens with zero attached hydrogens (tertiary/aromatic N) is 1. The number of cyclic esters (lactones) is 1. The number of rotatable bonds is 4. The minimum absolute atomic E-state index is 0.0265. The van der Waals surface area contributed by atoms with Gasteiger partial charge in [0.25, 0.3) is 11.7 Å². The number of hydrogen-bond donors (Lipinski definition) is 2. The molecule has 3 saturated heterocycles. The molecule has 8 nitrogen and oxygen atoms in total. The van der Waals surface area contributed by atoms with E-state index in [1.165, 1.54) is 10.5 Å². The lowest BCUT2D eigenvalue weighted by Gasteiger charge is -2.44. The van der Waals surface area contributed by atoms with Crippen molar-refractivity contribution < 1.29 is 34.1 Å². The van der Waals surface area contributed by atoms with Gasteiger partial charge in [0.05, 0.1) is 12.2 Å². The fourth-order valence-corrected chi connectivity index (χ4v) is 7.52. The van der Waals surface area contributed by atoms with Crippen LogP contribution in [0.5, 0.6) is 0 Å². The number of carbonyl (C=O) groups is 3. The Morgan fingerprint density at radius 3 is 2.30 bits per heavy atom. The molecule has 0 unspecified atom stereocenters. The highest BCUT2D eigenvalue weighted by molar-refractivity contribution is 6.39. The number of carbonyl (C=O) groups excluding carboxylic acids is 3. The Balaban J connectivity index is 1.62. The van der Waals surface area contributed by atoms with Crippen LogP contribution in [-0.2, 0) is 30.3 Å². The molecule has 0 radical (unpaired) electrons. The molecule has 0 saturated carbocycles. The summed E-state index contributed by atoms with van der Waals surface area (Å²) in [5, 5.41) is 22.8. The van der Waals surface area contributed by atoms with Crippen molar-refractivity contribution in [2.45, 2.75) is 141 Å². The molecule has 9 atom stereocenters. The maximum atomic E-state index is 13.8. The first-order chi connectivity index (χ1) is 21.1.